The van der Waals surface area contributed by atoms with Gasteiger partial charge in [0.1, 0.15) is 12.3 Å². The van der Waals surface area contributed by atoms with Crippen LogP contribution in [0.4, 0.5) is 0 Å². The molecule has 0 spiro atoms. The molecule has 3 aromatic rings. The summed E-state index contributed by atoms with van der Waals surface area (Å²) in [6.45, 7) is 12.7. The molecule has 0 aromatic heterocycles. The fourth-order valence-corrected chi connectivity index (χ4v) is 7.05. The van der Waals surface area contributed by atoms with Crippen LogP contribution in [0.2, 0.25) is 18.1 Å². The Morgan fingerprint density at radius 1 is 0.868 bits per heavy atom. The maximum absolute atomic E-state index is 14.1. The Morgan fingerprint density at radius 2 is 1.39 bits per heavy atom. The smallest absolute Gasteiger partial charge is 0.244 e. The minimum atomic E-state index is -4.01. The Hall–Kier alpha value is -2.58. The SMILES string of the molecule is Cc1ccc(S(=O)(=O)N(Cc2ccccc2)[C@@H](C=O)[C@H](CCc2ccccc2)O[Si](C)(C)C(C)(C)C)cc1. The number of hydrogen-bond donors (Lipinski definition) is 0. The first-order valence-electron chi connectivity index (χ1n) is 13.1. The number of aryl methyl sites for hydroxylation is 2. The van der Waals surface area contributed by atoms with Crippen LogP contribution >= 0.6 is 0 Å². The van der Waals surface area contributed by atoms with Gasteiger partial charge in [-0.25, -0.2) is 8.42 Å². The van der Waals surface area contributed by atoms with E-state index in [4.69, 9.17) is 4.43 Å². The summed E-state index contributed by atoms with van der Waals surface area (Å²) in [6, 6.07) is 25.2. The van der Waals surface area contributed by atoms with Crippen molar-refractivity contribution in [2.45, 2.75) is 82.3 Å². The monoisotopic (exact) mass is 551 g/mol. The molecule has 0 fully saturated rings. The molecule has 2 atom stereocenters. The van der Waals surface area contributed by atoms with Gasteiger partial charge >= 0.3 is 0 Å². The van der Waals surface area contributed by atoms with E-state index in [1.807, 2.05) is 67.6 Å². The molecule has 5 nitrogen and oxygen atoms in total. The van der Waals surface area contributed by atoms with Gasteiger partial charge in [-0.3, -0.25) is 0 Å². The standard InChI is InChI=1S/C31H41NO4SSi/c1-25-17-20-28(21-18-25)37(34,35)32(23-27-15-11-8-12-16-27)29(24-33)30(36-38(5,6)31(2,3)4)22-19-26-13-9-7-10-14-26/h7-18,20-21,24,29-30H,19,22-23H2,1-6H3/t29-,30-/m0/s1. The van der Waals surface area contributed by atoms with Crippen LogP contribution in [-0.2, 0) is 32.2 Å². The molecular weight excluding hydrogens is 510 g/mol. The lowest BCUT2D eigenvalue weighted by atomic mass is 10.0. The number of aldehydes is 1. The number of rotatable bonds is 12. The van der Waals surface area contributed by atoms with Crippen LogP contribution < -0.4 is 0 Å². The Balaban J connectivity index is 2.08. The maximum atomic E-state index is 14.1. The van der Waals surface area contributed by atoms with E-state index >= 15 is 0 Å². The molecule has 0 saturated carbocycles. The molecule has 0 aliphatic carbocycles. The van der Waals surface area contributed by atoms with E-state index < -0.39 is 30.5 Å². The molecule has 0 radical (unpaired) electrons. The van der Waals surface area contributed by atoms with E-state index in [0.717, 1.165) is 23.0 Å². The van der Waals surface area contributed by atoms with Gasteiger partial charge in [0.2, 0.25) is 10.0 Å². The van der Waals surface area contributed by atoms with Crippen molar-refractivity contribution in [3.8, 4) is 0 Å². The predicted octanol–water partition coefficient (Wildman–Crippen LogP) is 6.78. The number of sulfonamides is 1. The highest BCUT2D eigenvalue weighted by Crippen LogP contribution is 2.39. The van der Waals surface area contributed by atoms with Gasteiger partial charge in [0.05, 0.1) is 11.0 Å². The third kappa shape index (κ3) is 7.50. The van der Waals surface area contributed by atoms with Gasteiger partial charge in [-0.05, 0) is 61.2 Å². The van der Waals surface area contributed by atoms with Gasteiger partial charge in [0.15, 0.2) is 8.32 Å². The van der Waals surface area contributed by atoms with Crippen LogP contribution in [0.5, 0.6) is 0 Å². The summed E-state index contributed by atoms with van der Waals surface area (Å²) < 4.78 is 36.4. The molecule has 204 valence electrons. The summed E-state index contributed by atoms with van der Waals surface area (Å²) in [5.41, 5.74) is 2.90. The second-order valence-corrected chi connectivity index (χ2v) is 18.1. The van der Waals surface area contributed by atoms with E-state index in [9.17, 15) is 13.2 Å². The molecule has 0 N–H and O–H groups in total. The number of carbonyl (C=O) groups is 1. The van der Waals surface area contributed by atoms with E-state index in [1.165, 1.54) is 4.31 Å². The molecule has 0 bridgehead atoms. The first-order chi connectivity index (χ1) is 17.8. The molecule has 0 unspecified atom stereocenters. The van der Waals surface area contributed by atoms with Crippen molar-refractivity contribution in [1.82, 2.24) is 4.31 Å². The van der Waals surface area contributed by atoms with Crippen molar-refractivity contribution in [1.29, 1.82) is 0 Å². The maximum Gasteiger partial charge on any atom is 0.244 e. The second-order valence-electron chi connectivity index (χ2n) is 11.4. The third-order valence-electron chi connectivity index (χ3n) is 7.47. The summed E-state index contributed by atoms with van der Waals surface area (Å²) in [6.07, 6.45) is 1.36. The molecular formula is C31H41NO4SSi. The number of carbonyl (C=O) groups excluding carboxylic acids is 1. The molecule has 0 aliphatic rings. The van der Waals surface area contributed by atoms with Crippen molar-refractivity contribution in [3.63, 3.8) is 0 Å². The minimum absolute atomic E-state index is 0.0726. The lowest BCUT2D eigenvalue weighted by molar-refractivity contribution is -0.114. The highest BCUT2D eigenvalue weighted by molar-refractivity contribution is 7.89. The summed E-state index contributed by atoms with van der Waals surface area (Å²) >= 11 is 0. The molecule has 0 saturated heterocycles. The quantitative estimate of drug-likeness (QED) is 0.184. The van der Waals surface area contributed by atoms with Crippen LogP contribution in [0.1, 0.15) is 43.9 Å². The normalized spacial score (nSPS) is 14.3. The van der Waals surface area contributed by atoms with Crippen LogP contribution in [0.25, 0.3) is 0 Å². The first-order valence-corrected chi connectivity index (χ1v) is 17.5. The number of benzene rings is 3. The Morgan fingerprint density at radius 3 is 1.89 bits per heavy atom. The molecule has 3 aromatic carbocycles. The zero-order chi connectivity index (χ0) is 28.0. The largest absolute Gasteiger partial charge is 0.412 e. The lowest BCUT2D eigenvalue weighted by Crippen LogP contribution is -2.53. The zero-order valence-corrected chi connectivity index (χ0v) is 25.2. The summed E-state index contributed by atoms with van der Waals surface area (Å²) in [5.74, 6) is 0. The molecule has 0 amide bonds. The first kappa shape index (κ1) is 30.0. The van der Waals surface area contributed by atoms with Gasteiger partial charge < -0.3 is 9.22 Å². The van der Waals surface area contributed by atoms with Gasteiger partial charge in [0, 0.05) is 6.54 Å². The topological polar surface area (TPSA) is 63.7 Å². The number of hydrogen-bond acceptors (Lipinski definition) is 4. The average Bonchev–Trinajstić information content (AvgIpc) is 2.87. The average molecular weight is 552 g/mol. The van der Waals surface area contributed by atoms with Crippen LogP contribution in [0.3, 0.4) is 0 Å². The second kappa shape index (κ2) is 12.5. The molecule has 0 aliphatic heterocycles. The fraction of sp³-hybridized carbons (Fsp3) is 0.387. The summed E-state index contributed by atoms with van der Waals surface area (Å²) in [5, 5.41) is -0.106. The molecule has 0 heterocycles. The van der Waals surface area contributed by atoms with Gasteiger partial charge in [-0.15, -0.1) is 0 Å². The highest BCUT2D eigenvalue weighted by atomic mass is 32.2. The van der Waals surface area contributed by atoms with Crippen molar-refractivity contribution in [3.05, 3.63) is 102 Å². The van der Waals surface area contributed by atoms with Gasteiger partial charge in [0.25, 0.3) is 0 Å². The van der Waals surface area contributed by atoms with Gasteiger partial charge in [-0.2, -0.15) is 4.31 Å². The predicted molar refractivity (Wildman–Crippen MR) is 157 cm³/mol. The van der Waals surface area contributed by atoms with Crippen molar-refractivity contribution >= 4 is 24.6 Å². The van der Waals surface area contributed by atoms with Crippen molar-refractivity contribution in [2.75, 3.05) is 0 Å². The highest BCUT2D eigenvalue weighted by Gasteiger charge is 2.44. The van der Waals surface area contributed by atoms with E-state index in [0.29, 0.717) is 12.8 Å². The fourth-order valence-electron chi connectivity index (χ4n) is 4.11. The van der Waals surface area contributed by atoms with Gasteiger partial charge in [-0.1, -0.05) is 99.1 Å². The number of nitrogens with zero attached hydrogens (tertiary/aromatic N) is 1. The van der Waals surface area contributed by atoms with Crippen molar-refractivity contribution < 1.29 is 17.6 Å². The Bertz CT molecular complexity index is 1270. The Labute approximate surface area is 230 Å². The summed E-state index contributed by atoms with van der Waals surface area (Å²) in [7, 11) is -6.36. The minimum Gasteiger partial charge on any atom is -0.412 e. The van der Waals surface area contributed by atoms with E-state index in [1.54, 1.807) is 24.3 Å². The van der Waals surface area contributed by atoms with Crippen molar-refractivity contribution in [2.24, 2.45) is 0 Å². The van der Waals surface area contributed by atoms with E-state index in [2.05, 4.69) is 33.9 Å². The van der Waals surface area contributed by atoms with E-state index in [-0.39, 0.29) is 16.5 Å². The lowest BCUT2D eigenvalue weighted by Gasteiger charge is -2.42. The third-order valence-corrected chi connectivity index (χ3v) is 13.8. The van der Waals surface area contributed by atoms with Crippen LogP contribution in [-0.4, -0.2) is 39.5 Å². The zero-order valence-electron chi connectivity index (χ0n) is 23.4. The summed E-state index contributed by atoms with van der Waals surface area (Å²) in [4.78, 5) is 13.1. The molecule has 3 rings (SSSR count). The molecule has 38 heavy (non-hydrogen) atoms. The van der Waals surface area contributed by atoms with Crippen LogP contribution in [0.15, 0.2) is 89.8 Å². The van der Waals surface area contributed by atoms with Crippen LogP contribution in [0, 0.1) is 6.92 Å². The Kier molecular flexibility index (Phi) is 9.87. The molecule has 7 heteroatoms.